The van der Waals surface area contributed by atoms with E-state index in [0.717, 1.165) is 5.69 Å². The van der Waals surface area contributed by atoms with Crippen LogP contribution in [0.5, 0.6) is 11.5 Å². The van der Waals surface area contributed by atoms with Gasteiger partial charge in [-0.1, -0.05) is 29.8 Å². The van der Waals surface area contributed by atoms with Crippen LogP contribution in [0, 0.1) is 5.82 Å². The van der Waals surface area contributed by atoms with Gasteiger partial charge >= 0.3 is 0 Å². The number of nitrogens with two attached hydrogens (primary N) is 1. The number of anilines is 2. The third kappa shape index (κ3) is 2.92. The summed E-state index contributed by atoms with van der Waals surface area (Å²) < 4.78 is 22.4. The monoisotopic (exact) mass is 383 g/mol. The summed E-state index contributed by atoms with van der Waals surface area (Å²) in [5, 5.41) is 3.40. The van der Waals surface area contributed by atoms with E-state index in [2.05, 4.69) is 15.3 Å². The van der Waals surface area contributed by atoms with E-state index >= 15 is 0 Å². The largest absolute Gasteiger partial charge is 0.449 e. The summed E-state index contributed by atoms with van der Waals surface area (Å²) in [5.41, 5.74) is 7.55. The molecule has 6 nitrogen and oxygen atoms in total. The first-order valence-corrected chi connectivity index (χ1v) is 8.48. The summed E-state index contributed by atoms with van der Waals surface area (Å²) in [6.07, 6.45) is 4.43. The Labute approximate surface area is 159 Å². The van der Waals surface area contributed by atoms with Gasteiger partial charge in [-0.3, -0.25) is 0 Å². The number of hydrogen-bond acceptors (Lipinski definition) is 5. The van der Waals surface area contributed by atoms with Gasteiger partial charge in [0, 0.05) is 18.9 Å². The number of nitrogens with zero attached hydrogens (tertiary/aromatic N) is 3. The van der Waals surface area contributed by atoms with Gasteiger partial charge in [-0.15, -0.1) is 0 Å². The van der Waals surface area contributed by atoms with Crippen LogP contribution in [0.25, 0.3) is 16.7 Å². The predicted octanol–water partition coefficient (Wildman–Crippen LogP) is 4.63. The van der Waals surface area contributed by atoms with Crippen LogP contribution in [0.3, 0.4) is 0 Å². The minimum atomic E-state index is -0.534. The number of nitrogen functional groups attached to an aromatic ring is 1. The molecule has 0 saturated carbocycles. The molecule has 0 spiro atoms. The summed E-state index contributed by atoms with van der Waals surface area (Å²) in [6, 6.07) is 11.2. The molecule has 0 aliphatic carbocycles. The lowest BCUT2D eigenvalue weighted by Gasteiger charge is -2.12. The number of benzene rings is 1. The summed E-state index contributed by atoms with van der Waals surface area (Å²) in [5.74, 6) is -0.181. The number of ether oxygens (including phenoxy) is 1. The molecule has 0 amide bonds. The van der Waals surface area contributed by atoms with Crippen LogP contribution in [0.1, 0.15) is 0 Å². The highest BCUT2D eigenvalue weighted by Crippen LogP contribution is 2.38. The van der Waals surface area contributed by atoms with Gasteiger partial charge in [-0.05, 0) is 18.2 Å². The van der Waals surface area contributed by atoms with Crippen molar-refractivity contribution in [2.75, 3.05) is 18.1 Å². The normalized spacial score (nSPS) is 10.9. The molecule has 4 rings (SSSR count). The highest BCUT2D eigenvalue weighted by molar-refractivity contribution is 6.35. The van der Waals surface area contributed by atoms with Crippen LogP contribution >= 0.6 is 11.6 Å². The molecule has 3 aromatic heterocycles. The fraction of sp³-hybridized carbons (Fsp3) is 0.0526. The van der Waals surface area contributed by atoms with Crippen molar-refractivity contribution in [1.82, 2.24) is 14.5 Å². The van der Waals surface area contributed by atoms with Crippen LogP contribution in [0.2, 0.25) is 5.02 Å². The van der Waals surface area contributed by atoms with Gasteiger partial charge < -0.3 is 20.4 Å². The number of aromatic nitrogens is 3. The highest BCUT2D eigenvalue weighted by atomic mass is 35.5. The molecule has 3 heterocycles. The van der Waals surface area contributed by atoms with Gasteiger partial charge in [0.15, 0.2) is 17.3 Å². The second-order valence-electron chi connectivity index (χ2n) is 5.74. The zero-order chi connectivity index (χ0) is 19.0. The molecule has 136 valence electrons. The average Bonchev–Trinajstić information content (AvgIpc) is 3.12. The molecule has 0 atom stereocenters. The SMILES string of the molecule is CNc1c(N)ncc(Oc2cnc3c(ccn3-c3ccccc3)c2F)c1Cl. The second-order valence-corrected chi connectivity index (χ2v) is 6.12. The lowest BCUT2D eigenvalue weighted by molar-refractivity contribution is 0.442. The Morgan fingerprint density at radius 3 is 2.59 bits per heavy atom. The van der Waals surface area contributed by atoms with E-state index in [1.807, 2.05) is 30.3 Å². The second kappa shape index (κ2) is 6.77. The van der Waals surface area contributed by atoms with E-state index in [0.29, 0.717) is 16.7 Å². The first-order valence-electron chi connectivity index (χ1n) is 8.10. The van der Waals surface area contributed by atoms with Crippen molar-refractivity contribution < 1.29 is 9.13 Å². The Kier molecular flexibility index (Phi) is 4.29. The van der Waals surface area contributed by atoms with Crippen molar-refractivity contribution in [2.24, 2.45) is 0 Å². The number of nitrogens with one attached hydrogen (secondary N) is 1. The quantitative estimate of drug-likeness (QED) is 0.537. The van der Waals surface area contributed by atoms with Gasteiger partial charge in [-0.2, -0.15) is 0 Å². The molecule has 1 aromatic carbocycles. The van der Waals surface area contributed by atoms with Gasteiger partial charge in [0.05, 0.1) is 23.5 Å². The Morgan fingerprint density at radius 1 is 1.11 bits per heavy atom. The molecule has 8 heteroatoms. The van der Waals surface area contributed by atoms with Crippen LogP contribution in [0.4, 0.5) is 15.9 Å². The fourth-order valence-corrected chi connectivity index (χ4v) is 3.10. The predicted molar refractivity (Wildman–Crippen MR) is 104 cm³/mol. The molecule has 3 N–H and O–H groups in total. The van der Waals surface area contributed by atoms with Crippen LogP contribution in [0.15, 0.2) is 55.0 Å². The van der Waals surface area contributed by atoms with E-state index < -0.39 is 5.82 Å². The lowest BCUT2D eigenvalue weighted by Crippen LogP contribution is -2.01. The topological polar surface area (TPSA) is 78.0 Å². The minimum absolute atomic E-state index is 0.0520. The number of halogens is 2. The Bertz CT molecular complexity index is 1130. The van der Waals surface area contributed by atoms with Crippen LogP contribution < -0.4 is 15.8 Å². The third-order valence-corrected chi connectivity index (χ3v) is 4.51. The molecule has 0 bridgehead atoms. The van der Waals surface area contributed by atoms with E-state index in [1.165, 1.54) is 12.4 Å². The van der Waals surface area contributed by atoms with Crippen molar-refractivity contribution in [2.45, 2.75) is 0 Å². The Morgan fingerprint density at radius 2 is 1.85 bits per heavy atom. The smallest absolute Gasteiger partial charge is 0.182 e. The number of rotatable bonds is 4. The molecule has 0 unspecified atom stereocenters. The molecule has 0 radical (unpaired) electrons. The molecule has 0 saturated heterocycles. The van der Waals surface area contributed by atoms with Crippen molar-refractivity contribution in [3.63, 3.8) is 0 Å². The maximum atomic E-state index is 15.0. The summed E-state index contributed by atoms with van der Waals surface area (Å²) >= 11 is 6.26. The zero-order valence-corrected chi connectivity index (χ0v) is 15.0. The fourth-order valence-electron chi connectivity index (χ4n) is 2.82. The van der Waals surface area contributed by atoms with Gasteiger partial charge in [0.25, 0.3) is 0 Å². The van der Waals surface area contributed by atoms with Gasteiger partial charge in [0.1, 0.15) is 16.5 Å². The minimum Gasteiger partial charge on any atom is -0.449 e. The molecule has 0 fully saturated rings. The van der Waals surface area contributed by atoms with Crippen molar-refractivity contribution >= 4 is 34.1 Å². The number of pyridine rings is 2. The van der Waals surface area contributed by atoms with Gasteiger partial charge in [-0.25, -0.2) is 14.4 Å². The Balaban J connectivity index is 1.76. The van der Waals surface area contributed by atoms with E-state index in [4.69, 9.17) is 22.1 Å². The third-order valence-electron chi connectivity index (χ3n) is 4.13. The van der Waals surface area contributed by atoms with Crippen LogP contribution in [-0.2, 0) is 0 Å². The molecular formula is C19H15ClFN5O. The van der Waals surface area contributed by atoms with E-state index in [-0.39, 0.29) is 22.3 Å². The number of hydrogen-bond donors (Lipinski definition) is 2. The molecule has 0 aliphatic rings. The average molecular weight is 384 g/mol. The van der Waals surface area contributed by atoms with Crippen molar-refractivity contribution in [3.05, 3.63) is 65.8 Å². The molecular weight excluding hydrogens is 369 g/mol. The Hall–Kier alpha value is -3.32. The first-order chi connectivity index (χ1) is 13.1. The van der Waals surface area contributed by atoms with Gasteiger partial charge in [0.2, 0.25) is 0 Å². The standard InChI is InChI=1S/C19H15ClFN5O/c1-23-17-15(20)13(9-24-18(17)22)27-14-10-25-19-12(16(14)21)7-8-26(19)11-5-3-2-4-6-11/h2-10,23H,1H3,(H2,22,24). The highest BCUT2D eigenvalue weighted by Gasteiger charge is 2.17. The molecule has 27 heavy (non-hydrogen) atoms. The summed E-state index contributed by atoms with van der Waals surface area (Å²) in [7, 11) is 1.66. The van der Waals surface area contributed by atoms with Crippen molar-refractivity contribution in [3.8, 4) is 17.2 Å². The van der Waals surface area contributed by atoms with Crippen LogP contribution in [-0.4, -0.2) is 21.6 Å². The number of para-hydroxylation sites is 1. The first kappa shape index (κ1) is 17.1. The van der Waals surface area contributed by atoms with E-state index in [1.54, 1.807) is 23.9 Å². The zero-order valence-electron chi connectivity index (χ0n) is 14.3. The number of fused-ring (bicyclic) bond motifs is 1. The van der Waals surface area contributed by atoms with Crippen molar-refractivity contribution in [1.29, 1.82) is 0 Å². The maximum absolute atomic E-state index is 15.0. The molecule has 0 aliphatic heterocycles. The summed E-state index contributed by atoms with van der Waals surface area (Å²) in [4.78, 5) is 8.36. The lowest BCUT2D eigenvalue weighted by atomic mass is 10.3. The van der Waals surface area contributed by atoms with E-state index in [9.17, 15) is 4.39 Å². The molecule has 4 aromatic rings. The summed E-state index contributed by atoms with van der Waals surface area (Å²) in [6.45, 7) is 0. The maximum Gasteiger partial charge on any atom is 0.182 e.